The molecule has 1 amide bonds. The molecule has 1 unspecified atom stereocenters. The lowest BCUT2D eigenvalue weighted by atomic mass is 10.2. The van der Waals surface area contributed by atoms with E-state index in [2.05, 4.69) is 15.2 Å². The van der Waals surface area contributed by atoms with E-state index >= 15 is 0 Å². The van der Waals surface area contributed by atoms with Gasteiger partial charge in [-0.3, -0.25) is 9.48 Å². The maximum atomic E-state index is 12.4. The van der Waals surface area contributed by atoms with Crippen molar-refractivity contribution in [1.82, 2.24) is 9.78 Å². The van der Waals surface area contributed by atoms with E-state index in [4.69, 9.17) is 11.6 Å². The fraction of sp³-hybridized carbons (Fsp3) is 0.333. The lowest BCUT2D eigenvalue weighted by Gasteiger charge is -2.16. The third-order valence-electron chi connectivity index (χ3n) is 3.24. The van der Waals surface area contributed by atoms with E-state index in [0.29, 0.717) is 10.7 Å². The van der Waals surface area contributed by atoms with Crippen LogP contribution < -0.4 is 10.1 Å². The first kappa shape index (κ1) is 17.2. The van der Waals surface area contributed by atoms with Gasteiger partial charge in [-0.2, -0.15) is 13.9 Å². The minimum atomic E-state index is -2.97. The molecule has 5 nitrogen and oxygen atoms in total. The topological polar surface area (TPSA) is 56.1 Å². The van der Waals surface area contributed by atoms with Gasteiger partial charge in [0.2, 0.25) is 5.91 Å². The molecule has 1 N–H and O–H groups in total. The normalized spacial score (nSPS) is 12.3. The zero-order valence-corrected chi connectivity index (χ0v) is 13.6. The van der Waals surface area contributed by atoms with Crippen LogP contribution in [0.5, 0.6) is 5.75 Å². The summed E-state index contributed by atoms with van der Waals surface area (Å²) in [4.78, 5) is 12.3. The van der Waals surface area contributed by atoms with Gasteiger partial charge in [0.05, 0.1) is 16.4 Å². The molecule has 1 aromatic heterocycles. The number of nitrogens with zero attached hydrogens (tertiary/aromatic N) is 2. The van der Waals surface area contributed by atoms with Gasteiger partial charge in [-0.1, -0.05) is 17.7 Å². The SMILES string of the molecule is Cc1ccc(OC(F)F)c(NC(=O)C(C)n2cc(Cl)c(C)n2)c1. The number of aromatic nitrogens is 2. The van der Waals surface area contributed by atoms with E-state index in [1.54, 1.807) is 32.9 Å². The summed E-state index contributed by atoms with van der Waals surface area (Å²) in [6.45, 7) is 2.15. The van der Waals surface area contributed by atoms with Crippen molar-refractivity contribution in [1.29, 1.82) is 0 Å². The molecule has 1 aromatic carbocycles. The second-order valence-electron chi connectivity index (χ2n) is 5.09. The molecule has 2 rings (SSSR count). The van der Waals surface area contributed by atoms with Gasteiger partial charge in [-0.25, -0.2) is 0 Å². The Kier molecular flexibility index (Phi) is 5.20. The molecule has 8 heteroatoms. The van der Waals surface area contributed by atoms with Gasteiger partial charge in [0.1, 0.15) is 11.8 Å². The first-order valence-electron chi connectivity index (χ1n) is 6.85. The first-order valence-corrected chi connectivity index (χ1v) is 7.23. The largest absolute Gasteiger partial charge is 0.433 e. The smallest absolute Gasteiger partial charge is 0.387 e. The monoisotopic (exact) mass is 343 g/mol. The second kappa shape index (κ2) is 6.95. The van der Waals surface area contributed by atoms with Crippen molar-refractivity contribution in [3.05, 3.63) is 40.7 Å². The molecular weight excluding hydrogens is 328 g/mol. The van der Waals surface area contributed by atoms with Gasteiger partial charge in [0.15, 0.2) is 0 Å². The minimum absolute atomic E-state index is 0.0965. The number of hydrogen-bond donors (Lipinski definition) is 1. The molecular formula is C15H16ClF2N3O2. The van der Waals surface area contributed by atoms with E-state index in [9.17, 15) is 13.6 Å². The molecule has 0 aliphatic heterocycles. The predicted octanol–water partition coefficient (Wildman–Crippen LogP) is 3.95. The van der Waals surface area contributed by atoms with Crippen LogP contribution in [0.25, 0.3) is 0 Å². The Balaban J connectivity index is 2.20. The summed E-state index contributed by atoms with van der Waals surface area (Å²) in [5.41, 5.74) is 1.58. The van der Waals surface area contributed by atoms with Gasteiger partial charge in [0, 0.05) is 6.20 Å². The fourth-order valence-corrected chi connectivity index (χ4v) is 2.09. The van der Waals surface area contributed by atoms with Gasteiger partial charge in [-0.15, -0.1) is 0 Å². The van der Waals surface area contributed by atoms with Crippen LogP contribution in [0.4, 0.5) is 14.5 Å². The third-order valence-corrected chi connectivity index (χ3v) is 3.61. The average molecular weight is 344 g/mol. The molecule has 0 saturated heterocycles. The summed E-state index contributed by atoms with van der Waals surface area (Å²) in [5.74, 6) is -0.519. The van der Waals surface area contributed by atoms with Crippen molar-refractivity contribution < 1.29 is 18.3 Å². The Morgan fingerprint density at radius 1 is 1.39 bits per heavy atom. The van der Waals surface area contributed by atoms with Crippen LogP contribution in [-0.2, 0) is 4.79 Å². The zero-order chi connectivity index (χ0) is 17.1. The predicted molar refractivity (Wildman–Crippen MR) is 83.1 cm³/mol. The number of carbonyl (C=O) groups excluding carboxylic acids is 1. The van der Waals surface area contributed by atoms with Crippen molar-refractivity contribution in [2.45, 2.75) is 33.4 Å². The van der Waals surface area contributed by atoms with Crippen molar-refractivity contribution in [3.63, 3.8) is 0 Å². The minimum Gasteiger partial charge on any atom is -0.433 e. The summed E-state index contributed by atoms with van der Waals surface area (Å²) in [7, 11) is 0. The van der Waals surface area contributed by atoms with E-state index in [0.717, 1.165) is 5.56 Å². The highest BCUT2D eigenvalue weighted by molar-refractivity contribution is 6.31. The van der Waals surface area contributed by atoms with Crippen LogP contribution in [-0.4, -0.2) is 22.3 Å². The Hall–Kier alpha value is -2.15. The van der Waals surface area contributed by atoms with Crippen LogP contribution in [0.15, 0.2) is 24.4 Å². The summed E-state index contributed by atoms with van der Waals surface area (Å²) < 4.78 is 30.7. The number of halogens is 3. The Bertz CT molecular complexity index is 699. The van der Waals surface area contributed by atoms with E-state index in [-0.39, 0.29) is 11.4 Å². The molecule has 1 heterocycles. The Labute approximate surface area is 137 Å². The van der Waals surface area contributed by atoms with Gasteiger partial charge >= 0.3 is 6.61 Å². The van der Waals surface area contributed by atoms with Gasteiger partial charge in [0.25, 0.3) is 0 Å². The zero-order valence-electron chi connectivity index (χ0n) is 12.8. The van der Waals surface area contributed by atoms with Crippen LogP contribution in [0, 0.1) is 13.8 Å². The molecule has 0 aliphatic rings. The van der Waals surface area contributed by atoms with E-state index < -0.39 is 18.6 Å². The standard InChI is InChI=1S/C15H16ClF2N3O2/c1-8-4-5-13(23-15(17)18)12(6-8)19-14(22)10(3)21-7-11(16)9(2)20-21/h4-7,10,15H,1-3H3,(H,19,22). The van der Waals surface area contributed by atoms with Gasteiger partial charge < -0.3 is 10.1 Å². The maximum Gasteiger partial charge on any atom is 0.387 e. The number of nitrogens with one attached hydrogen (secondary N) is 1. The first-order chi connectivity index (χ1) is 10.8. The molecule has 23 heavy (non-hydrogen) atoms. The number of anilines is 1. The van der Waals surface area contributed by atoms with Crippen LogP contribution in [0.2, 0.25) is 5.02 Å². The van der Waals surface area contributed by atoms with Crippen LogP contribution >= 0.6 is 11.6 Å². The van der Waals surface area contributed by atoms with Crippen molar-refractivity contribution in [2.24, 2.45) is 0 Å². The third kappa shape index (κ3) is 4.19. The number of hydrogen-bond acceptors (Lipinski definition) is 3. The molecule has 0 aliphatic carbocycles. The molecule has 0 saturated carbocycles. The molecule has 1 atom stereocenters. The summed E-state index contributed by atoms with van der Waals surface area (Å²) in [6.07, 6.45) is 1.54. The maximum absolute atomic E-state index is 12.4. The Morgan fingerprint density at radius 2 is 2.09 bits per heavy atom. The van der Waals surface area contributed by atoms with E-state index in [1.165, 1.54) is 16.9 Å². The second-order valence-corrected chi connectivity index (χ2v) is 5.49. The quantitative estimate of drug-likeness (QED) is 0.894. The molecule has 124 valence electrons. The van der Waals surface area contributed by atoms with Crippen molar-refractivity contribution in [2.75, 3.05) is 5.32 Å². The van der Waals surface area contributed by atoms with Crippen molar-refractivity contribution in [3.8, 4) is 5.75 Å². The number of carbonyl (C=O) groups is 1. The number of alkyl halides is 2. The Morgan fingerprint density at radius 3 is 2.65 bits per heavy atom. The lowest BCUT2D eigenvalue weighted by molar-refractivity contribution is -0.119. The average Bonchev–Trinajstić information content (AvgIpc) is 2.80. The molecule has 0 fully saturated rings. The summed E-state index contributed by atoms with van der Waals surface area (Å²) >= 11 is 5.92. The van der Waals surface area contributed by atoms with Crippen molar-refractivity contribution >= 4 is 23.2 Å². The number of rotatable bonds is 5. The molecule has 2 aromatic rings. The number of amides is 1. The lowest BCUT2D eigenvalue weighted by Crippen LogP contribution is -2.24. The molecule has 0 radical (unpaired) electrons. The number of ether oxygens (including phenoxy) is 1. The van der Waals surface area contributed by atoms with Gasteiger partial charge in [-0.05, 0) is 38.5 Å². The summed E-state index contributed by atoms with van der Waals surface area (Å²) in [6, 6.07) is 3.90. The highest BCUT2D eigenvalue weighted by Crippen LogP contribution is 2.28. The summed E-state index contributed by atoms with van der Waals surface area (Å²) in [5, 5.41) is 7.16. The number of benzene rings is 1. The highest BCUT2D eigenvalue weighted by atomic mass is 35.5. The van der Waals surface area contributed by atoms with E-state index in [1.807, 2.05) is 0 Å². The fourth-order valence-electron chi connectivity index (χ4n) is 1.96. The number of aryl methyl sites for hydroxylation is 2. The van der Waals surface area contributed by atoms with Crippen LogP contribution in [0.3, 0.4) is 0 Å². The van der Waals surface area contributed by atoms with Crippen LogP contribution in [0.1, 0.15) is 24.2 Å². The molecule has 0 spiro atoms. The molecule has 0 bridgehead atoms. The highest BCUT2D eigenvalue weighted by Gasteiger charge is 2.19.